The predicted octanol–water partition coefficient (Wildman–Crippen LogP) is 14.7. The molecule has 4 nitrogen and oxygen atoms in total. The molecule has 0 fully saturated rings. The van der Waals surface area contributed by atoms with Gasteiger partial charge in [0.2, 0.25) is 5.91 Å². The van der Waals surface area contributed by atoms with E-state index in [0.717, 1.165) is 128 Å². The first-order chi connectivity index (χ1) is 28.7. The average Bonchev–Trinajstić information content (AvgIpc) is 3.23. The van der Waals surface area contributed by atoms with Crippen molar-refractivity contribution in [1.29, 1.82) is 0 Å². The van der Waals surface area contributed by atoms with E-state index >= 15 is 0 Å². The number of amides is 1. The van der Waals surface area contributed by atoms with Crippen LogP contribution >= 0.6 is 0 Å². The van der Waals surface area contributed by atoms with E-state index in [-0.39, 0.29) is 12.5 Å². The van der Waals surface area contributed by atoms with Crippen molar-refractivity contribution in [3.8, 4) is 0 Å². The van der Waals surface area contributed by atoms with Gasteiger partial charge in [0.15, 0.2) is 0 Å². The Morgan fingerprint density at radius 1 is 0.431 bits per heavy atom. The molecule has 3 N–H and O–H groups in total. The molecule has 2 atom stereocenters. The fourth-order valence-corrected chi connectivity index (χ4v) is 5.56. The van der Waals surface area contributed by atoms with Crippen LogP contribution < -0.4 is 5.32 Å². The van der Waals surface area contributed by atoms with Gasteiger partial charge in [-0.1, -0.05) is 198 Å². The Hall–Kier alpha value is -3.99. The summed E-state index contributed by atoms with van der Waals surface area (Å²) in [5, 5.41) is 22.7. The predicted molar refractivity (Wildman–Crippen MR) is 257 cm³/mol. The van der Waals surface area contributed by atoms with Gasteiger partial charge in [-0.2, -0.15) is 0 Å². The zero-order valence-electron chi connectivity index (χ0n) is 36.7. The van der Waals surface area contributed by atoms with Gasteiger partial charge in [0.25, 0.3) is 0 Å². The van der Waals surface area contributed by atoms with Crippen molar-refractivity contribution in [2.24, 2.45) is 0 Å². The molecule has 0 saturated heterocycles. The third-order valence-corrected chi connectivity index (χ3v) is 8.98. The number of hydrogen-bond donors (Lipinski definition) is 3. The number of aliphatic hydroxyl groups is 2. The molecule has 322 valence electrons. The van der Waals surface area contributed by atoms with E-state index in [9.17, 15) is 15.0 Å². The van der Waals surface area contributed by atoms with Crippen molar-refractivity contribution in [1.82, 2.24) is 5.32 Å². The van der Waals surface area contributed by atoms with E-state index in [1.54, 1.807) is 6.08 Å². The van der Waals surface area contributed by atoms with E-state index in [2.05, 4.69) is 165 Å². The summed E-state index contributed by atoms with van der Waals surface area (Å²) < 4.78 is 0. The van der Waals surface area contributed by atoms with Gasteiger partial charge in [-0.15, -0.1) is 0 Å². The Morgan fingerprint density at radius 3 is 1.19 bits per heavy atom. The Balaban J connectivity index is 3.71. The lowest BCUT2D eigenvalue weighted by Gasteiger charge is -2.19. The van der Waals surface area contributed by atoms with Gasteiger partial charge >= 0.3 is 0 Å². The second-order valence-corrected chi connectivity index (χ2v) is 14.4. The number of allylic oxidation sites excluding steroid dienone is 25. The van der Waals surface area contributed by atoms with Crippen LogP contribution in [-0.4, -0.2) is 34.9 Å². The Labute approximate surface area is 356 Å². The monoisotopic (exact) mass is 794 g/mol. The molecular weight excluding hydrogens is 711 g/mol. The highest BCUT2D eigenvalue weighted by Crippen LogP contribution is 2.09. The highest BCUT2D eigenvalue weighted by Gasteiger charge is 2.17. The highest BCUT2D eigenvalue weighted by atomic mass is 16.3. The van der Waals surface area contributed by atoms with Crippen molar-refractivity contribution in [2.45, 2.75) is 167 Å². The van der Waals surface area contributed by atoms with Crippen LogP contribution in [0.15, 0.2) is 158 Å². The largest absolute Gasteiger partial charge is 0.394 e. The molecular formula is C54H83NO3. The minimum absolute atomic E-state index is 0.107. The zero-order valence-corrected chi connectivity index (χ0v) is 36.7. The normalized spacial score (nSPS) is 14.5. The SMILES string of the molecule is CC/C=C\C/C=C\C/C=C\C/C=C\C/C=C\C/C=C\C/C=C\C/C=C\C/C=C\C/C=C\C/C=C\CCCCCCCC(=O)NC(CO)C(O)/C=C/CC/C=C/CCC. The van der Waals surface area contributed by atoms with Crippen molar-refractivity contribution in [3.63, 3.8) is 0 Å². The van der Waals surface area contributed by atoms with Crippen LogP contribution in [0.3, 0.4) is 0 Å². The molecule has 1 amide bonds. The number of rotatable bonds is 38. The fraction of sp³-hybridized carbons (Fsp3) is 0.500. The second-order valence-electron chi connectivity index (χ2n) is 14.4. The smallest absolute Gasteiger partial charge is 0.220 e. The van der Waals surface area contributed by atoms with Gasteiger partial charge in [-0.3, -0.25) is 4.79 Å². The lowest BCUT2D eigenvalue weighted by molar-refractivity contribution is -0.123. The summed E-state index contributed by atoms with van der Waals surface area (Å²) in [5.41, 5.74) is 0. The van der Waals surface area contributed by atoms with Crippen LogP contribution in [0.4, 0.5) is 0 Å². The highest BCUT2D eigenvalue weighted by molar-refractivity contribution is 5.76. The first-order valence-corrected chi connectivity index (χ1v) is 22.7. The average molecular weight is 794 g/mol. The summed E-state index contributed by atoms with van der Waals surface area (Å²) in [6, 6.07) is -0.658. The van der Waals surface area contributed by atoms with Crippen LogP contribution in [0.1, 0.15) is 155 Å². The minimum Gasteiger partial charge on any atom is -0.394 e. The van der Waals surface area contributed by atoms with Crippen LogP contribution in [-0.2, 0) is 4.79 Å². The fourth-order valence-electron chi connectivity index (χ4n) is 5.56. The van der Waals surface area contributed by atoms with E-state index in [4.69, 9.17) is 0 Å². The Kier molecular flexibility index (Phi) is 44.1. The van der Waals surface area contributed by atoms with Gasteiger partial charge < -0.3 is 15.5 Å². The molecule has 0 bridgehead atoms. The minimum atomic E-state index is -0.878. The van der Waals surface area contributed by atoms with Crippen molar-refractivity contribution in [3.05, 3.63) is 158 Å². The molecule has 4 heteroatoms. The van der Waals surface area contributed by atoms with Crippen LogP contribution in [0.5, 0.6) is 0 Å². The lowest BCUT2D eigenvalue weighted by Crippen LogP contribution is -2.45. The van der Waals surface area contributed by atoms with Gasteiger partial charge in [0, 0.05) is 6.42 Å². The molecule has 0 aromatic rings. The van der Waals surface area contributed by atoms with E-state index in [0.29, 0.717) is 6.42 Å². The molecule has 2 unspecified atom stereocenters. The van der Waals surface area contributed by atoms with Crippen molar-refractivity contribution < 1.29 is 15.0 Å². The summed E-state index contributed by atoms with van der Waals surface area (Å²) >= 11 is 0. The number of carbonyl (C=O) groups is 1. The summed E-state index contributed by atoms with van der Waals surface area (Å²) in [6.45, 7) is 4.04. The molecule has 58 heavy (non-hydrogen) atoms. The Morgan fingerprint density at radius 2 is 0.776 bits per heavy atom. The molecule has 0 aliphatic carbocycles. The number of nitrogens with one attached hydrogen (secondary N) is 1. The van der Waals surface area contributed by atoms with Gasteiger partial charge in [-0.05, 0) is 109 Å². The van der Waals surface area contributed by atoms with E-state index < -0.39 is 12.1 Å². The molecule has 0 aliphatic rings. The van der Waals surface area contributed by atoms with E-state index in [1.807, 2.05) is 6.08 Å². The quantitative estimate of drug-likeness (QED) is 0.0431. The molecule has 0 heterocycles. The van der Waals surface area contributed by atoms with Crippen LogP contribution in [0.25, 0.3) is 0 Å². The Bertz CT molecular complexity index is 1310. The zero-order chi connectivity index (χ0) is 42.1. The number of aliphatic hydroxyl groups excluding tert-OH is 2. The maximum Gasteiger partial charge on any atom is 0.220 e. The lowest BCUT2D eigenvalue weighted by atomic mass is 10.1. The molecule has 0 radical (unpaired) electrons. The van der Waals surface area contributed by atoms with Gasteiger partial charge in [-0.25, -0.2) is 0 Å². The van der Waals surface area contributed by atoms with E-state index in [1.165, 1.54) is 6.42 Å². The van der Waals surface area contributed by atoms with Crippen molar-refractivity contribution in [2.75, 3.05) is 6.61 Å². The molecule has 0 aromatic carbocycles. The molecule has 0 aromatic heterocycles. The van der Waals surface area contributed by atoms with Crippen molar-refractivity contribution >= 4 is 5.91 Å². The molecule has 0 rings (SSSR count). The first kappa shape index (κ1) is 54.0. The molecule has 0 saturated carbocycles. The standard InChI is InChI=1S/C54H83NO3/c1-3-5-7-9-11-12-13-14-15-16-17-18-19-20-21-22-23-24-25-26-27-28-29-30-31-32-33-34-35-36-37-38-39-40-41-42-44-46-48-50-54(58)55-52(51-56)53(57)49-47-45-43-10-8-6-4-2/h5,7-8,10-12,14-15,17-18,20-21,23-24,26-27,29-30,32-33,35-36,38-39,47,49,52-53,56-57H,3-4,6,9,13,16,19,22,25,28,31,34,37,40-46,48,50-51H2,1-2H3,(H,55,58)/b7-5-,10-8+,12-11-,15-14-,18-17-,21-20-,24-23-,27-26-,30-29-,33-32-,36-35-,39-38-,49-47+. The maximum absolute atomic E-state index is 12.3. The van der Waals surface area contributed by atoms with Gasteiger partial charge in [0.05, 0.1) is 18.8 Å². The second kappa shape index (κ2) is 47.4. The topological polar surface area (TPSA) is 69.6 Å². The maximum atomic E-state index is 12.3. The van der Waals surface area contributed by atoms with Crippen LogP contribution in [0.2, 0.25) is 0 Å². The number of unbranched alkanes of at least 4 members (excludes halogenated alkanes) is 7. The third kappa shape index (κ3) is 43.1. The third-order valence-electron chi connectivity index (χ3n) is 8.98. The summed E-state index contributed by atoms with van der Waals surface area (Å²) in [4.78, 5) is 12.3. The summed E-state index contributed by atoms with van der Waals surface area (Å²) in [5.74, 6) is -0.107. The van der Waals surface area contributed by atoms with Crippen LogP contribution in [0, 0.1) is 0 Å². The number of carbonyl (C=O) groups excluding carboxylic acids is 1. The first-order valence-electron chi connectivity index (χ1n) is 22.7. The molecule has 0 aliphatic heterocycles. The van der Waals surface area contributed by atoms with Gasteiger partial charge in [0.1, 0.15) is 0 Å². The number of hydrogen-bond acceptors (Lipinski definition) is 3. The summed E-state index contributed by atoms with van der Waals surface area (Å²) in [6.07, 6.45) is 78.1. The molecule has 0 spiro atoms. The summed E-state index contributed by atoms with van der Waals surface area (Å²) in [7, 11) is 0.